The maximum atomic E-state index is 4.70. The minimum absolute atomic E-state index is 0.939. The van der Waals surface area contributed by atoms with Crippen molar-refractivity contribution in [3.63, 3.8) is 0 Å². The molecule has 2 nitrogen and oxygen atoms in total. The first-order valence-corrected chi connectivity index (χ1v) is 14.3. The van der Waals surface area contributed by atoms with Gasteiger partial charge in [0.25, 0.3) is 0 Å². The van der Waals surface area contributed by atoms with Crippen molar-refractivity contribution in [3.8, 4) is 55.6 Å². The fraction of sp³-hybridized carbons (Fsp3) is 0. The molecule has 0 aliphatic heterocycles. The molecule has 6 aromatic carbocycles. The number of rotatable bonds is 3. The largest absolute Gasteiger partial charge is 0.254 e. The Morgan fingerprint density at radius 3 is 1.90 bits per heavy atom. The molecular weight excluding hydrogens is 508 g/mol. The molecule has 0 amide bonds. The molecule has 0 atom stereocenters. The standard InChI is InChI=1S/C40H24N2/c1-2-10-33-32(9-1)35-12-4-11-34-30(19-20-36(33)38(34)35)26-15-13-25(14-16-26)28-6-3-7-29(24-28)31-21-23-42-40-37(31)18-17-27-8-5-22-41-39(27)40/h1-24H. The fourth-order valence-electron chi connectivity index (χ4n) is 6.77. The topological polar surface area (TPSA) is 25.8 Å². The van der Waals surface area contributed by atoms with E-state index in [0.717, 1.165) is 21.8 Å². The molecule has 1 aliphatic rings. The molecule has 0 fully saturated rings. The summed E-state index contributed by atoms with van der Waals surface area (Å²) in [4.78, 5) is 9.32. The van der Waals surface area contributed by atoms with Crippen molar-refractivity contribution in [2.45, 2.75) is 0 Å². The summed E-state index contributed by atoms with van der Waals surface area (Å²) >= 11 is 0. The number of nitrogens with zero attached hydrogens (tertiary/aromatic N) is 2. The maximum absolute atomic E-state index is 4.70. The fourth-order valence-corrected chi connectivity index (χ4v) is 6.77. The Labute approximate surface area is 243 Å². The van der Waals surface area contributed by atoms with Crippen LogP contribution in [0.2, 0.25) is 0 Å². The first kappa shape index (κ1) is 23.1. The first-order chi connectivity index (χ1) is 20.8. The third kappa shape index (κ3) is 3.39. The van der Waals surface area contributed by atoms with Gasteiger partial charge in [0.05, 0.1) is 11.0 Å². The smallest absolute Gasteiger partial charge is 0.0970 e. The molecule has 0 bridgehead atoms. The highest BCUT2D eigenvalue weighted by atomic mass is 14.7. The zero-order valence-electron chi connectivity index (χ0n) is 22.8. The lowest BCUT2D eigenvalue weighted by Gasteiger charge is -2.12. The predicted octanol–water partition coefficient (Wildman–Crippen LogP) is 10.6. The van der Waals surface area contributed by atoms with Crippen molar-refractivity contribution < 1.29 is 0 Å². The van der Waals surface area contributed by atoms with Crippen molar-refractivity contribution in [1.29, 1.82) is 0 Å². The van der Waals surface area contributed by atoms with Crippen molar-refractivity contribution in [2.75, 3.05) is 0 Å². The molecule has 0 N–H and O–H groups in total. The van der Waals surface area contributed by atoms with Gasteiger partial charge in [-0.25, -0.2) is 0 Å². The van der Waals surface area contributed by atoms with Crippen molar-refractivity contribution in [3.05, 3.63) is 146 Å². The van der Waals surface area contributed by atoms with Gasteiger partial charge in [-0.3, -0.25) is 9.97 Å². The lowest BCUT2D eigenvalue weighted by atomic mass is 9.92. The second-order valence-electron chi connectivity index (χ2n) is 11.0. The van der Waals surface area contributed by atoms with Gasteiger partial charge in [-0.1, -0.05) is 115 Å². The van der Waals surface area contributed by atoms with E-state index in [0.29, 0.717) is 0 Å². The van der Waals surface area contributed by atoms with Gasteiger partial charge < -0.3 is 0 Å². The molecule has 0 saturated carbocycles. The quantitative estimate of drug-likeness (QED) is 0.212. The van der Waals surface area contributed by atoms with Gasteiger partial charge in [0.15, 0.2) is 0 Å². The van der Waals surface area contributed by atoms with Gasteiger partial charge in [-0.15, -0.1) is 0 Å². The number of aromatic nitrogens is 2. The lowest BCUT2D eigenvalue weighted by molar-refractivity contribution is 1.37. The monoisotopic (exact) mass is 532 g/mol. The SMILES string of the molecule is c1cc(-c2ccc(-c3ccc4c5c(cccc35)-c3ccccc3-4)cc2)cc(-c2ccnc3c2ccc2cccnc23)c1. The lowest BCUT2D eigenvalue weighted by Crippen LogP contribution is -1.89. The Balaban J connectivity index is 1.11. The van der Waals surface area contributed by atoms with Crippen LogP contribution in [0.5, 0.6) is 0 Å². The highest BCUT2D eigenvalue weighted by Crippen LogP contribution is 2.49. The van der Waals surface area contributed by atoms with Crippen molar-refractivity contribution in [1.82, 2.24) is 9.97 Å². The molecule has 8 aromatic rings. The van der Waals surface area contributed by atoms with E-state index in [1.54, 1.807) is 0 Å². The summed E-state index contributed by atoms with van der Waals surface area (Å²) in [5, 5.41) is 4.89. The molecule has 2 heterocycles. The average Bonchev–Trinajstić information content (AvgIpc) is 3.40. The molecule has 2 heteroatoms. The Bertz CT molecular complexity index is 2320. The van der Waals surface area contributed by atoms with Crippen LogP contribution in [0.25, 0.3) is 88.2 Å². The molecule has 194 valence electrons. The molecule has 2 aromatic heterocycles. The van der Waals surface area contributed by atoms with Crippen LogP contribution in [0.1, 0.15) is 0 Å². The first-order valence-electron chi connectivity index (χ1n) is 14.3. The third-order valence-electron chi connectivity index (χ3n) is 8.73. The van der Waals surface area contributed by atoms with Crippen LogP contribution in [0.3, 0.4) is 0 Å². The summed E-state index contributed by atoms with van der Waals surface area (Å²) < 4.78 is 0. The predicted molar refractivity (Wildman–Crippen MR) is 175 cm³/mol. The number of benzene rings is 6. The van der Waals surface area contributed by atoms with Crippen LogP contribution in [0, 0.1) is 0 Å². The van der Waals surface area contributed by atoms with E-state index in [1.807, 2.05) is 18.5 Å². The molecule has 0 saturated heterocycles. The molecule has 42 heavy (non-hydrogen) atoms. The van der Waals surface area contributed by atoms with E-state index in [1.165, 1.54) is 66.4 Å². The van der Waals surface area contributed by atoms with Crippen LogP contribution >= 0.6 is 0 Å². The van der Waals surface area contributed by atoms with Gasteiger partial charge in [-0.2, -0.15) is 0 Å². The summed E-state index contributed by atoms with van der Waals surface area (Å²) in [6, 6.07) is 48.3. The Morgan fingerprint density at radius 1 is 0.333 bits per heavy atom. The molecule has 0 spiro atoms. The van der Waals surface area contributed by atoms with E-state index >= 15 is 0 Å². The minimum Gasteiger partial charge on any atom is -0.254 e. The third-order valence-corrected chi connectivity index (χ3v) is 8.73. The second kappa shape index (κ2) is 8.95. The maximum Gasteiger partial charge on any atom is 0.0970 e. The Morgan fingerprint density at radius 2 is 1.02 bits per heavy atom. The summed E-state index contributed by atoms with van der Waals surface area (Å²) in [5.41, 5.74) is 14.4. The van der Waals surface area contributed by atoms with Crippen LogP contribution < -0.4 is 0 Å². The van der Waals surface area contributed by atoms with Crippen LogP contribution in [0.4, 0.5) is 0 Å². The summed E-state index contributed by atoms with van der Waals surface area (Å²) in [5.74, 6) is 0. The van der Waals surface area contributed by atoms with Gasteiger partial charge in [0, 0.05) is 23.2 Å². The van der Waals surface area contributed by atoms with Crippen molar-refractivity contribution in [2.24, 2.45) is 0 Å². The number of hydrogen-bond donors (Lipinski definition) is 0. The Kier molecular flexibility index (Phi) is 4.93. The van der Waals surface area contributed by atoms with E-state index < -0.39 is 0 Å². The molecule has 0 radical (unpaired) electrons. The minimum atomic E-state index is 0.939. The van der Waals surface area contributed by atoms with Gasteiger partial charge in [-0.05, 0) is 84.6 Å². The zero-order valence-corrected chi connectivity index (χ0v) is 22.8. The van der Waals surface area contributed by atoms with Gasteiger partial charge in [0.1, 0.15) is 0 Å². The number of hydrogen-bond acceptors (Lipinski definition) is 2. The normalized spacial score (nSPS) is 11.8. The summed E-state index contributed by atoms with van der Waals surface area (Å²) in [6.07, 6.45) is 3.73. The van der Waals surface area contributed by atoms with E-state index in [2.05, 4.69) is 132 Å². The van der Waals surface area contributed by atoms with Gasteiger partial charge in [0.2, 0.25) is 0 Å². The summed E-state index contributed by atoms with van der Waals surface area (Å²) in [6.45, 7) is 0. The highest BCUT2D eigenvalue weighted by Gasteiger charge is 2.22. The van der Waals surface area contributed by atoms with Crippen LogP contribution in [-0.2, 0) is 0 Å². The van der Waals surface area contributed by atoms with Crippen molar-refractivity contribution >= 4 is 32.6 Å². The number of pyridine rings is 2. The number of fused-ring (bicyclic) bond motifs is 6. The van der Waals surface area contributed by atoms with Crippen LogP contribution in [-0.4, -0.2) is 9.97 Å². The molecule has 1 aliphatic carbocycles. The molecule has 0 unspecified atom stereocenters. The molecule has 9 rings (SSSR count). The summed E-state index contributed by atoms with van der Waals surface area (Å²) in [7, 11) is 0. The van der Waals surface area contributed by atoms with E-state index in [-0.39, 0.29) is 0 Å². The van der Waals surface area contributed by atoms with E-state index in [4.69, 9.17) is 4.98 Å². The average molecular weight is 533 g/mol. The second-order valence-corrected chi connectivity index (χ2v) is 11.0. The highest BCUT2D eigenvalue weighted by molar-refractivity contribution is 6.18. The zero-order chi connectivity index (χ0) is 27.6. The van der Waals surface area contributed by atoms with Crippen LogP contribution in [0.15, 0.2) is 146 Å². The Hall–Kier alpha value is -5.60. The molecular formula is C40H24N2. The van der Waals surface area contributed by atoms with Gasteiger partial charge >= 0.3 is 0 Å². The van der Waals surface area contributed by atoms with E-state index in [9.17, 15) is 0 Å².